The molecule has 0 unspecified atom stereocenters. The molecule has 0 radical (unpaired) electrons. The maximum atomic E-state index is 12.3. The third kappa shape index (κ3) is 4.34. The minimum absolute atomic E-state index is 0.222. The van der Waals surface area contributed by atoms with Crippen LogP contribution in [0.3, 0.4) is 0 Å². The molecule has 1 aromatic rings. The van der Waals surface area contributed by atoms with Gasteiger partial charge in [0.2, 0.25) is 0 Å². The van der Waals surface area contributed by atoms with Gasteiger partial charge in [0.25, 0.3) is 10.0 Å². The highest BCUT2D eigenvalue weighted by Gasteiger charge is 2.51. The Morgan fingerprint density at radius 1 is 1.18 bits per heavy atom. The lowest BCUT2D eigenvalue weighted by molar-refractivity contribution is 0.0277. The summed E-state index contributed by atoms with van der Waals surface area (Å²) >= 11 is 0. The van der Waals surface area contributed by atoms with Crippen molar-refractivity contribution in [2.75, 3.05) is 6.54 Å². The van der Waals surface area contributed by atoms with Gasteiger partial charge >= 0.3 is 0 Å². The van der Waals surface area contributed by atoms with Crippen molar-refractivity contribution in [1.82, 2.24) is 0 Å². The molecule has 0 aromatic heterocycles. The van der Waals surface area contributed by atoms with Crippen LogP contribution in [-0.4, -0.2) is 15.0 Å². The van der Waals surface area contributed by atoms with Gasteiger partial charge in [-0.05, 0) is 73.8 Å². The molecule has 1 aromatic carbocycles. The third-order valence-electron chi connectivity index (χ3n) is 7.76. The summed E-state index contributed by atoms with van der Waals surface area (Å²) in [7, 11) is -3.67. The summed E-state index contributed by atoms with van der Waals surface area (Å²) in [6.45, 7) is 9.71. The fourth-order valence-corrected chi connectivity index (χ4v) is 6.86. The highest BCUT2D eigenvalue weighted by Crippen LogP contribution is 2.60. The molecule has 28 heavy (non-hydrogen) atoms. The fraction of sp³-hybridized carbons (Fsp3) is 0.739. The van der Waals surface area contributed by atoms with E-state index in [1.165, 1.54) is 38.5 Å². The maximum Gasteiger partial charge on any atom is 0.299 e. The molecule has 4 nitrogen and oxygen atoms in total. The molecule has 2 saturated carbocycles. The van der Waals surface area contributed by atoms with Gasteiger partial charge in [-0.2, -0.15) is 13.5 Å². The predicted octanol–water partition coefficient (Wildman–Crippen LogP) is 6.40. The van der Waals surface area contributed by atoms with Crippen molar-refractivity contribution in [3.63, 3.8) is 0 Å². The van der Waals surface area contributed by atoms with Crippen molar-refractivity contribution in [1.29, 1.82) is 0 Å². The smallest absolute Gasteiger partial charge is 0.198 e. The zero-order valence-corrected chi connectivity index (χ0v) is 18.7. The largest absolute Gasteiger partial charge is 0.299 e. The Hall–Kier alpha value is -1.23. The predicted molar refractivity (Wildman–Crippen MR) is 114 cm³/mol. The molecular weight excluding hydrogens is 368 g/mol. The molecule has 2 fully saturated rings. The molecule has 5 heteroatoms. The second-order valence-corrected chi connectivity index (χ2v) is 10.9. The summed E-state index contributed by atoms with van der Waals surface area (Å²) in [4.78, 5) is 0.222. The Kier molecular flexibility index (Phi) is 6.63. The van der Waals surface area contributed by atoms with E-state index in [4.69, 9.17) is 0 Å². The lowest BCUT2D eigenvalue weighted by Gasteiger charge is -2.46. The van der Waals surface area contributed by atoms with Gasteiger partial charge in [-0.3, -0.25) is 0 Å². The second-order valence-electron chi connectivity index (χ2n) is 9.36. The van der Waals surface area contributed by atoms with Crippen molar-refractivity contribution < 1.29 is 8.42 Å². The number of benzene rings is 1. The maximum absolute atomic E-state index is 12.3. The first kappa shape index (κ1) is 21.5. The van der Waals surface area contributed by atoms with Gasteiger partial charge in [0.15, 0.2) is 0 Å². The first-order chi connectivity index (χ1) is 13.3. The fourth-order valence-electron chi connectivity index (χ4n) is 6.05. The van der Waals surface area contributed by atoms with E-state index < -0.39 is 10.0 Å². The van der Waals surface area contributed by atoms with E-state index in [-0.39, 0.29) is 4.90 Å². The number of fused-ring (bicyclic) bond motifs is 1. The summed E-state index contributed by atoms with van der Waals surface area (Å²) in [5.74, 6) is 3.07. The Bertz CT molecular complexity index is 787. The SMILES string of the molecule is CC[C@H](C)[C@H]1CC[C@H]2[C@H](CCN=NS(=O)(=O)c3ccc(C)cc3)CCC[C@]12C. The summed E-state index contributed by atoms with van der Waals surface area (Å²) in [5, 5.41) is 4.08. The lowest BCUT2D eigenvalue weighted by atomic mass is 9.58. The number of aryl methyl sites for hydroxylation is 1. The molecule has 2 aliphatic carbocycles. The first-order valence-electron chi connectivity index (χ1n) is 11.0. The highest BCUT2D eigenvalue weighted by molar-refractivity contribution is 7.90. The van der Waals surface area contributed by atoms with E-state index in [9.17, 15) is 8.42 Å². The van der Waals surface area contributed by atoms with E-state index in [1.807, 2.05) is 6.92 Å². The van der Waals surface area contributed by atoms with Crippen LogP contribution >= 0.6 is 0 Å². The van der Waals surface area contributed by atoms with E-state index >= 15 is 0 Å². The molecule has 2 aliphatic rings. The number of nitrogens with zero attached hydrogens (tertiary/aromatic N) is 2. The summed E-state index contributed by atoms with van der Waals surface area (Å²) in [6.07, 6.45) is 8.82. The quantitative estimate of drug-likeness (QED) is 0.493. The summed E-state index contributed by atoms with van der Waals surface area (Å²) < 4.78 is 28.3. The van der Waals surface area contributed by atoms with Gasteiger partial charge in [0, 0.05) is 0 Å². The van der Waals surface area contributed by atoms with Crippen molar-refractivity contribution >= 4 is 10.0 Å². The molecular formula is C23H36N2O2S. The van der Waals surface area contributed by atoms with Crippen LogP contribution in [-0.2, 0) is 10.0 Å². The molecule has 0 bridgehead atoms. The van der Waals surface area contributed by atoms with Gasteiger partial charge < -0.3 is 0 Å². The average molecular weight is 405 g/mol. The van der Waals surface area contributed by atoms with E-state index in [0.29, 0.717) is 17.9 Å². The number of rotatable bonds is 7. The molecule has 0 spiro atoms. The molecule has 0 saturated heterocycles. The molecule has 0 amide bonds. The summed E-state index contributed by atoms with van der Waals surface area (Å²) in [5.41, 5.74) is 1.49. The Balaban J connectivity index is 1.60. The van der Waals surface area contributed by atoms with Crippen LogP contribution in [0.4, 0.5) is 0 Å². The Labute approximate surface area is 171 Å². The number of hydrogen-bond acceptors (Lipinski definition) is 3. The molecule has 156 valence electrons. The van der Waals surface area contributed by atoms with Crippen molar-refractivity contribution in [3.05, 3.63) is 29.8 Å². The van der Waals surface area contributed by atoms with Crippen LogP contribution in [0.5, 0.6) is 0 Å². The van der Waals surface area contributed by atoms with Crippen LogP contribution in [0.15, 0.2) is 38.8 Å². The van der Waals surface area contributed by atoms with Crippen LogP contribution in [0, 0.1) is 36.0 Å². The third-order valence-corrected chi connectivity index (χ3v) is 8.96. The van der Waals surface area contributed by atoms with Gasteiger partial charge in [0.05, 0.1) is 11.4 Å². The van der Waals surface area contributed by atoms with Gasteiger partial charge in [-0.1, -0.05) is 62.2 Å². The van der Waals surface area contributed by atoms with E-state index in [0.717, 1.165) is 29.7 Å². The zero-order chi connectivity index (χ0) is 20.4. The highest BCUT2D eigenvalue weighted by atomic mass is 32.2. The normalized spacial score (nSPS) is 31.8. The molecule has 3 rings (SSSR count). The monoisotopic (exact) mass is 404 g/mol. The zero-order valence-electron chi connectivity index (χ0n) is 17.9. The Morgan fingerprint density at radius 2 is 1.89 bits per heavy atom. The molecule has 0 N–H and O–H groups in total. The van der Waals surface area contributed by atoms with Crippen molar-refractivity contribution in [2.45, 2.75) is 77.5 Å². The standard InChI is InChI=1S/C23H36N2O2S/c1-5-18(3)21-12-13-22-19(7-6-15-23(21,22)4)14-16-24-25-28(26,27)20-10-8-17(2)9-11-20/h8-11,18-19,21-22H,5-7,12-16H2,1-4H3/t18-,19-,21+,22-,23+/m0/s1. The van der Waals surface area contributed by atoms with Gasteiger partial charge in [-0.15, -0.1) is 0 Å². The molecule has 0 heterocycles. The second kappa shape index (κ2) is 8.64. The molecule has 5 atom stereocenters. The van der Waals surface area contributed by atoms with Crippen LogP contribution in [0.2, 0.25) is 0 Å². The van der Waals surface area contributed by atoms with E-state index in [1.54, 1.807) is 24.3 Å². The number of sulfonamides is 1. The lowest BCUT2D eigenvalue weighted by Crippen LogP contribution is -2.39. The van der Waals surface area contributed by atoms with Gasteiger partial charge in [-0.25, -0.2) is 0 Å². The van der Waals surface area contributed by atoms with Gasteiger partial charge in [0.1, 0.15) is 0 Å². The molecule has 0 aliphatic heterocycles. The van der Waals surface area contributed by atoms with Crippen LogP contribution in [0.25, 0.3) is 0 Å². The van der Waals surface area contributed by atoms with E-state index in [2.05, 4.69) is 30.4 Å². The minimum atomic E-state index is -3.67. The summed E-state index contributed by atoms with van der Waals surface area (Å²) in [6, 6.07) is 6.78. The van der Waals surface area contributed by atoms with Crippen LogP contribution < -0.4 is 0 Å². The van der Waals surface area contributed by atoms with Crippen molar-refractivity contribution in [3.8, 4) is 0 Å². The minimum Gasteiger partial charge on any atom is -0.198 e. The Morgan fingerprint density at radius 3 is 2.57 bits per heavy atom. The number of hydrogen-bond donors (Lipinski definition) is 0. The van der Waals surface area contributed by atoms with Crippen LogP contribution in [0.1, 0.15) is 71.3 Å². The first-order valence-corrected chi connectivity index (χ1v) is 12.4. The average Bonchev–Trinajstić information content (AvgIpc) is 3.02. The topological polar surface area (TPSA) is 58.9 Å². The van der Waals surface area contributed by atoms with Crippen molar-refractivity contribution in [2.24, 2.45) is 38.7 Å².